The first-order valence-electron chi connectivity index (χ1n) is 5.85. The molecule has 0 fully saturated rings. The molecule has 0 saturated heterocycles. The molecule has 0 aromatic heterocycles. The van der Waals surface area contributed by atoms with Gasteiger partial charge in [-0.25, -0.2) is 8.42 Å². The van der Waals surface area contributed by atoms with Gasteiger partial charge in [0.05, 0.1) is 10.6 Å². The van der Waals surface area contributed by atoms with Crippen molar-refractivity contribution in [2.45, 2.75) is 11.3 Å². The fourth-order valence-corrected chi connectivity index (χ4v) is 2.69. The van der Waals surface area contributed by atoms with E-state index in [1.807, 2.05) is 0 Å². The normalized spacial score (nSPS) is 11.3. The minimum absolute atomic E-state index is 0.105. The van der Waals surface area contributed by atoms with E-state index in [1.165, 1.54) is 24.3 Å². The van der Waals surface area contributed by atoms with E-state index in [1.54, 1.807) is 7.05 Å². The first-order valence-corrected chi connectivity index (χ1v) is 7.88. The van der Waals surface area contributed by atoms with Crippen LogP contribution in [0.15, 0.2) is 29.2 Å². The fourth-order valence-electron chi connectivity index (χ4n) is 1.41. The second-order valence-electron chi connectivity index (χ2n) is 3.98. The van der Waals surface area contributed by atoms with E-state index in [-0.39, 0.29) is 23.1 Å². The van der Waals surface area contributed by atoms with Crippen molar-refractivity contribution in [3.05, 3.63) is 29.3 Å². The van der Waals surface area contributed by atoms with Gasteiger partial charge < -0.3 is 10.6 Å². The lowest BCUT2D eigenvalue weighted by atomic mass is 10.4. The second kappa shape index (κ2) is 7.47. The maximum absolute atomic E-state index is 11.9. The Morgan fingerprint density at radius 1 is 1.21 bits per heavy atom. The minimum atomic E-state index is -3.38. The zero-order valence-corrected chi connectivity index (χ0v) is 12.2. The van der Waals surface area contributed by atoms with Crippen LogP contribution in [0.2, 0.25) is 5.02 Å². The Bertz CT molecular complexity index is 514. The molecular formula is C12H17ClN2O3S. The number of sulfone groups is 1. The summed E-state index contributed by atoms with van der Waals surface area (Å²) in [5.74, 6) is -0.291. The van der Waals surface area contributed by atoms with E-state index in [9.17, 15) is 13.2 Å². The van der Waals surface area contributed by atoms with Crippen molar-refractivity contribution in [3.63, 3.8) is 0 Å². The molecule has 106 valence electrons. The van der Waals surface area contributed by atoms with Crippen LogP contribution in [-0.4, -0.2) is 40.2 Å². The third kappa shape index (κ3) is 5.59. The molecule has 0 aliphatic carbocycles. The molecule has 19 heavy (non-hydrogen) atoms. The molecule has 2 N–H and O–H groups in total. The van der Waals surface area contributed by atoms with Gasteiger partial charge in [0.1, 0.15) is 0 Å². The van der Waals surface area contributed by atoms with Crippen molar-refractivity contribution >= 4 is 27.3 Å². The summed E-state index contributed by atoms with van der Waals surface area (Å²) in [6.45, 7) is 0.670. The number of benzene rings is 1. The van der Waals surface area contributed by atoms with Gasteiger partial charge in [-0.1, -0.05) is 11.6 Å². The van der Waals surface area contributed by atoms with Crippen molar-refractivity contribution in [2.24, 2.45) is 0 Å². The predicted molar refractivity (Wildman–Crippen MR) is 75.1 cm³/mol. The maximum Gasteiger partial charge on any atom is 0.221 e. The van der Waals surface area contributed by atoms with Gasteiger partial charge in [0, 0.05) is 24.5 Å². The van der Waals surface area contributed by atoms with Gasteiger partial charge in [0.15, 0.2) is 9.84 Å². The first kappa shape index (κ1) is 15.9. The first-order chi connectivity index (χ1) is 8.95. The summed E-state index contributed by atoms with van der Waals surface area (Å²) in [7, 11) is -1.63. The van der Waals surface area contributed by atoms with Crippen molar-refractivity contribution in [1.29, 1.82) is 0 Å². The summed E-state index contributed by atoms with van der Waals surface area (Å²) in [5, 5.41) is 5.90. The Hall–Kier alpha value is -1.11. The highest BCUT2D eigenvalue weighted by Crippen LogP contribution is 2.14. The second-order valence-corrected chi connectivity index (χ2v) is 6.52. The molecule has 0 aliphatic heterocycles. The Morgan fingerprint density at radius 2 is 1.84 bits per heavy atom. The molecule has 7 heteroatoms. The van der Waals surface area contributed by atoms with E-state index in [0.717, 1.165) is 0 Å². The molecule has 1 aromatic rings. The van der Waals surface area contributed by atoms with Crippen LogP contribution < -0.4 is 10.6 Å². The van der Waals surface area contributed by atoms with Crippen LogP contribution in [0.3, 0.4) is 0 Å². The summed E-state index contributed by atoms with van der Waals surface area (Å²) >= 11 is 5.70. The van der Waals surface area contributed by atoms with Crippen molar-refractivity contribution in [2.75, 3.05) is 25.9 Å². The van der Waals surface area contributed by atoms with Gasteiger partial charge in [-0.15, -0.1) is 0 Å². The van der Waals surface area contributed by atoms with Gasteiger partial charge in [-0.2, -0.15) is 0 Å². The lowest BCUT2D eigenvalue weighted by Gasteiger charge is -2.06. The van der Waals surface area contributed by atoms with Crippen LogP contribution in [0.4, 0.5) is 0 Å². The summed E-state index contributed by atoms with van der Waals surface area (Å²) in [6, 6.07) is 5.97. The summed E-state index contributed by atoms with van der Waals surface area (Å²) < 4.78 is 23.9. The van der Waals surface area contributed by atoms with Crippen molar-refractivity contribution in [3.8, 4) is 0 Å². The molecule has 0 saturated carbocycles. The van der Waals surface area contributed by atoms with E-state index in [2.05, 4.69) is 10.6 Å². The molecule has 1 aromatic carbocycles. The van der Waals surface area contributed by atoms with Gasteiger partial charge in [0.2, 0.25) is 5.91 Å². The standard InChI is InChI=1S/C12H17ClN2O3S/c1-14-7-6-12(16)15-8-9-19(17,18)11-4-2-10(13)3-5-11/h2-5,14H,6-9H2,1H3,(H,15,16). The molecule has 0 atom stereocenters. The average Bonchev–Trinajstić information content (AvgIpc) is 2.36. The zero-order chi connectivity index (χ0) is 14.3. The number of halogens is 1. The monoisotopic (exact) mass is 304 g/mol. The van der Waals surface area contributed by atoms with Crippen LogP contribution in [0.25, 0.3) is 0 Å². The molecule has 1 rings (SSSR count). The zero-order valence-electron chi connectivity index (χ0n) is 10.6. The summed E-state index contributed by atoms with van der Waals surface area (Å²) in [5.41, 5.74) is 0. The van der Waals surface area contributed by atoms with Crippen LogP contribution in [0.1, 0.15) is 6.42 Å². The van der Waals surface area contributed by atoms with Gasteiger partial charge in [-0.05, 0) is 31.3 Å². The van der Waals surface area contributed by atoms with Gasteiger partial charge >= 0.3 is 0 Å². The Balaban J connectivity index is 2.47. The minimum Gasteiger partial charge on any atom is -0.355 e. The SMILES string of the molecule is CNCCC(=O)NCCS(=O)(=O)c1ccc(Cl)cc1. The number of nitrogens with one attached hydrogen (secondary N) is 2. The smallest absolute Gasteiger partial charge is 0.221 e. The predicted octanol–water partition coefficient (Wildman–Crippen LogP) is 0.839. The fraction of sp³-hybridized carbons (Fsp3) is 0.417. The molecule has 0 spiro atoms. The van der Waals surface area contributed by atoms with Gasteiger partial charge in [-0.3, -0.25) is 4.79 Å². The molecule has 0 heterocycles. The van der Waals surface area contributed by atoms with E-state index >= 15 is 0 Å². The highest BCUT2D eigenvalue weighted by molar-refractivity contribution is 7.91. The van der Waals surface area contributed by atoms with Crippen molar-refractivity contribution in [1.82, 2.24) is 10.6 Å². The number of amides is 1. The molecular weight excluding hydrogens is 288 g/mol. The molecule has 0 aliphatic rings. The molecule has 0 bridgehead atoms. The van der Waals surface area contributed by atoms with E-state index in [4.69, 9.17) is 11.6 Å². The van der Waals surface area contributed by atoms with Crippen LogP contribution >= 0.6 is 11.6 Å². The summed E-state index contributed by atoms with van der Waals surface area (Å²) in [6.07, 6.45) is 0.331. The topological polar surface area (TPSA) is 75.3 Å². The van der Waals surface area contributed by atoms with Crippen molar-refractivity contribution < 1.29 is 13.2 Å². The lowest BCUT2D eigenvalue weighted by molar-refractivity contribution is -0.120. The van der Waals surface area contributed by atoms with Crippen LogP contribution in [-0.2, 0) is 14.6 Å². The Morgan fingerprint density at radius 3 is 2.42 bits per heavy atom. The number of hydrogen-bond acceptors (Lipinski definition) is 4. The van der Waals surface area contributed by atoms with Crippen LogP contribution in [0.5, 0.6) is 0 Å². The van der Waals surface area contributed by atoms with E-state index in [0.29, 0.717) is 18.0 Å². The van der Waals surface area contributed by atoms with Gasteiger partial charge in [0.25, 0.3) is 0 Å². The molecule has 0 radical (unpaired) electrons. The quantitative estimate of drug-likeness (QED) is 0.783. The lowest BCUT2D eigenvalue weighted by Crippen LogP contribution is -2.30. The number of carbonyl (C=O) groups excluding carboxylic acids is 1. The average molecular weight is 305 g/mol. The third-order valence-electron chi connectivity index (χ3n) is 2.47. The Kier molecular flexibility index (Phi) is 6.27. The molecule has 5 nitrogen and oxygen atoms in total. The molecule has 0 unspecified atom stereocenters. The number of rotatable bonds is 7. The number of carbonyl (C=O) groups is 1. The summed E-state index contributed by atoms with van der Waals surface area (Å²) in [4.78, 5) is 11.5. The maximum atomic E-state index is 11.9. The largest absolute Gasteiger partial charge is 0.355 e. The van der Waals surface area contributed by atoms with Crippen LogP contribution in [0, 0.1) is 0 Å². The number of hydrogen-bond donors (Lipinski definition) is 2. The molecule has 1 amide bonds. The third-order valence-corrected chi connectivity index (χ3v) is 4.45. The highest BCUT2D eigenvalue weighted by Gasteiger charge is 2.14. The van der Waals surface area contributed by atoms with E-state index < -0.39 is 9.84 Å². The highest BCUT2D eigenvalue weighted by atomic mass is 35.5. The Labute approximate surface area is 118 Å².